The fraction of sp³-hybridized carbons (Fsp3) is 0.615. The molecule has 1 aromatic heterocycles. The van der Waals surface area contributed by atoms with Crippen molar-refractivity contribution in [3.63, 3.8) is 0 Å². The van der Waals surface area contributed by atoms with Crippen molar-refractivity contribution >= 4 is 5.69 Å². The first kappa shape index (κ1) is 10.8. The van der Waals surface area contributed by atoms with Gasteiger partial charge in [-0.25, -0.2) is 4.98 Å². The van der Waals surface area contributed by atoms with Gasteiger partial charge in [-0.2, -0.15) is 0 Å². The third-order valence-corrected chi connectivity index (χ3v) is 3.37. The van der Waals surface area contributed by atoms with E-state index in [0.29, 0.717) is 0 Å². The lowest BCUT2D eigenvalue weighted by molar-refractivity contribution is 0.288. The molecule has 0 unspecified atom stereocenters. The van der Waals surface area contributed by atoms with Gasteiger partial charge in [-0.05, 0) is 24.8 Å². The fourth-order valence-corrected chi connectivity index (χ4v) is 2.06. The van der Waals surface area contributed by atoms with Crippen molar-refractivity contribution in [1.29, 1.82) is 0 Å². The maximum atomic E-state index is 5.63. The summed E-state index contributed by atoms with van der Waals surface area (Å²) in [6.07, 6.45) is 4.56. The standard InChI is InChI=1S/C13H19N3O/c1-2-11(1)10-17-13-4-3-12(9-15-13)16-7-5-14-6-8-16/h3-4,9,11,14H,1-2,5-8,10H2. The summed E-state index contributed by atoms with van der Waals surface area (Å²) < 4.78 is 5.63. The van der Waals surface area contributed by atoms with Crippen LogP contribution in [0.5, 0.6) is 5.88 Å². The smallest absolute Gasteiger partial charge is 0.213 e. The van der Waals surface area contributed by atoms with Crippen LogP contribution in [0.4, 0.5) is 5.69 Å². The molecule has 0 aromatic carbocycles. The van der Waals surface area contributed by atoms with E-state index in [-0.39, 0.29) is 0 Å². The fourth-order valence-electron chi connectivity index (χ4n) is 2.06. The minimum Gasteiger partial charge on any atom is -0.477 e. The monoisotopic (exact) mass is 233 g/mol. The van der Waals surface area contributed by atoms with Gasteiger partial charge in [-0.3, -0.25) is 0 Å². The Labute approximate surface area is 102 Å². The Bertz CT molecular complexity index is 355. The SMILES string of the molecule is c1cc(OCC2CC2)ncc1N1CCNCC1. The molecule has 0 bridgehead atoms. The first-order chi connectivity index (χ1) is 8.42. The highest BCUT2D eigenvalue weighted by atomic mass is 16.5. The van der Waals surface area contributed by atoms with Crippen molar-refractivity contribution < 1.29 is 4.74 Å². The summed E-state index contributed by atoms with van der Waals surface area (Å²) in [6.45, 7) is 5.06. The number of aromatic nitrogens is 1. The summed E-state index contributed by atoms with van der Waals surface area (Å²) in [5.41, 5.74) is 1.20. The summed E-state index contributed by atoms with van der Waals surface area (Å²) >= 11 is 0. The number of nitrogens with one attached hydrogen (secondary N) is 1. The molecular formula is C13H19N3O. The molecule has 2 aliphatic rings. The van der Waals surface area contributed by atoms with Crippen LogP contribution in [-0.2, 0) is 0 Å². The van der Waals surface area contributed by atoms with Gasteiger partial charge < -0.3 is 15.0 Å². The zero-order chi connectivity index (χ0) is 11.5. The minimum absolute atomic E-state index is 0.760. The second kappa shape index (κ2) is 4.92. The lowest BCUT2D eigenvalue weighted by Gasteiger charge is -2.29. The summed E-state index contributed by atoms with van der Waals surface area (Å²) in [5, 5.41) is 3.35. The molecular weight excluding hydrogens is 214 g/mol. The van der Waals surface area contributed by atoms with Gasteiger partial charge in [0.15, 0.2) is 0 Å². The number of ether oxygens (including phenoxy) is 1. The number of pyridine rings is 1. The third kappa shape index (κ3) is 2.88. The van der Waals surface area contributed by atoms with E-state index in [2.05, 4.69) is 21.3 Å². The highest BCUT2D eigenvalue weighted by Crippen LogP contribution is 2.29. The number of anilines is 1. The Balaban J connectivity index is 1.58. The second-order valence-corrected chi connectivity index (χ2v) is 4.85. The van der Waals surface area contributed by atoms with Crippen LogP contribution in [0.2, 0.25) is 0 Å². The molecule has 1 saturated carbocycles. The van der Waals surface area contributed by atoms with Crippen LogP contribution in [0.15, 0.2) is 18.3 Å². The zero-order valence-corrected chi connectivity index (χ0v) is 10.1. The molecule has 0 atom stereocenters. The van der Waals surface area contributed by atoms with E-state index in [4.69, 9.17) is 4.74 Å². The maximum absolute atomic E-state index is 5.63. The Morgan fingerprint density at radius 3 is 2.76 bits per heavy atom. The molecule has 2 heterocycles. The topological polar surface area (TPSA) is 37.4 Å². The average Bonchev–Trinajstić information content (AvgIpc) is 3.22. The lowest BCUT2D eigenvalue weighted by Crippen LogP contribution is -2.43. The van der Waals surface area contributed by atoms with E-state index in [1.54, 1.807) is 0 Å². The first-order valence-electron chi connectivity index (χ1n) is 6.46. The van der Waals surface area contributed by atoms with Crippen molar-refractivity contribution in [2.75, 3.05) is 37.7 Å². The molecule has 1 N–H and O–H groups in total. The largest absolute Gasteiger partial charge is 0.477 e. The van der Waals surface area contributed by atoms with E-state index in [1.807, 2.05) is 12.3 Å². The molecule has 2 fully saturated rings. The first-order valence-corrected chi connectivity index (χ1v) is 6.46. The van der Waals surface area contributed by atoms with E-state index in [1.165, 1.54) is 18.5 Å². The Morgan fingerprint density at radius 2 is 2.12 bits per heavy atom. The van der Waals surface area contributed by atoms with E-state index in [0.717, 1.165) is 44.6 Å². The second-order valence-electron chi connectivity index (χ2n) is 4.85. The Hall–Kier alpha value is -1.29. The summed E-state index contributed by atoms with van der Waals surface area (Å²) in [7, 11) is 0. The van der Waals surface area contributed by atoms with Crippen molar-refractivity contribution in [3.8, 4) is 5.88 Å². The molecule has 0 amide bonds. The Morgan fingerprint density at radius 1 is 1.29 bits per heavy atom. The van der Waals surface area contributed by atoms with Gasteiger partial charge in [0.2, 0.25) is 5.88 Å². The predicted molar refractivity (Wildman–Crippen MR) is 67.5 cm³/mol. The van der Waals surface area contributed by atoms with Crippen molar-refractivity contribution in [2.24, 2.45) is 5.92 Å². The summed E-state index contributed by atoms with van der Waals surface area (Å²) in [4.78, 5) is 6.72. The van der Waals surface area contributed by atoms with Crippen LogP contribution in [0.1, 0.15) is 12.8 Å². The molecule has 1 aromatic rings. The molecule has 3 rings (SSSR count). The molecule has 1 aliphatic heterocycles. The highest BCUT2D eigenvalue weighted by Gasteiger charge is 2.22. The van der Waals surface area contributed by atoms with Crippen LogP contribution in [0, 0.1) is 5.92 Å². The average molecular weight is 233 g/mol. The van der Waals surface area contributed by atoms with Gasteiger partial charge in [0, 0.05) is 32.2 Å². The Kier molecular flexibility index (Phi) is 3.14. The molecule has 4 nitrogen and oxygen atoms in total. The zero-order valence-electron chi connectivity index (χ0n) is 10.1. The number of nitrogens with zero attached hydrogens (tertiary/aromatic N) is 2. The molecule has 1 saturated heterocycles. The van der Waals surface area contributed by atoms with Gasteiger partial charge in [-0.1, -0.05) is 0 Å². The molecule has 4 heteroatoms. The highest BCUT2D eigenvalue weighted by molar-refractivity contribution is 5.45. The van der Waals surface area contributed by atoms with Crippen LogP contribution in [0.25, 0.3) is 0 Å². The van der Waals surface area contributed by atoms with Crippen LogP contribution in [0.3, 0.4) is 0 Å². The molecule has 0 radical (unpaired) electrons. The van der Waals surface area contributed by atoms with Crippen molar-refractivity contribution in [2.45, 2.75) is 12.8 Å². The minimum atomic E-state index is 0.760. The summed E-state index contributed by atoms with van der Waals surface area (Å²) in [5.74, 6) is 1.54. The number of piperazine rings is 1. The van der Waals surface area contributed by atoms with Gasteiger partial charge >= 0.3 is 0 Å². The summed E-state index contributed by atoms with van der Waals surface area (Å²) in [6, 6.07) is 4.10. The van der Waals surface area contributed by atoms with Crippen LogP contribution >= 0.6 is 0 Å². The molecule has 92 valence electrons. The molecule has 17 heavy (non-hydrogen) atoms. The van der Waals surface area contributed by atoms with E-state index >= 15 is 0 Å². The van der Waals surface area contributed by atoms with E-state index in [9.17, 15) is 0 Å². The molecule has 0 spiro atoms. The quantitative estimate of drug-likeness (QED) is 0.850. The van der Waals surface area contributed by atoms with Gasteiger partial charge in [-0.15, -0.1) is 0 Å². The predicted octanol–water partition coefficient (Wildman–Crippen LogP) is 1.28. The lowest BCUT2D eigenvalue weighted by atomic mass is 10.3. The van der Waals surface area contributed by atoms with Crippen LogP contribution < -0.4 is 15.0 Å². The molecule has 1 aliphatic carbocycles. The normalized spacial score (nSPS) is 20.4. The van der Waals surface area contributed by atoms with E-state index < -0.39 is 0 Å². The number of rotatable bonds is 4. The van der Waals surface area contributed by atoms with Crippen LogP contribution in [-0.4, -0.2) is 37.8 Å². The van der Waals surface area contributed by atoms with Crippen molar-refractivity contribution in [1.82, 2.24) is 10.3 Å². The number of hydrogen-bond donors (Lipinski definition) is 1. The van der Waals surface area contributed by atoms with Gasteiger partial charge in [0.05, 0.1) is 18.5 Å². The maximum Gasteiger partial charge on any atom is 0.213 e. The number of hydrogen-bond acceptors (Lipinski definition) is 4. The van der Waals surface area contributed by atoms with Gasteiger partial charge in [0.1, 0.15) is 0 Å². The van der Waals surface area contributed by atoms with Crippen molar-refractivity contribution in [3.05, 3.63) is 18.3 Å². The third-order valence-electron chi connectivity index (χ3n) is 3.37. The van der Waals surface area contributed by atoms with Gasteiger partial charge in [0.25, 0.3) is 0 Å².